The molecule has 130 valence electrons. The fraction of sp³-hybridized carbons (Fsp3) is 0.714. The topological polar surface area (TPSA) is 93.5 Å². The zero-order chi connectivity index (χ0) is 17.0. The normalized spacial score (nSPS) is 17.3. The second-order valence-corrected chi connectivity index (χ2v) is 7.84. The Labute approximate surface area is 136 Å². The van der Waals surface area contributed by atoms with Crippen LogP contribution in [0.3, 0.4) is 0 Å². The average molecular weight is 344 g/mol. The van der Waals surface area contributed by atoms with E-state index in [0.717, 1.165) is 5.69 Å². The number of rotatable bonds is 6. The van der Waals surface area contributed by atoms with Gasteiger partial charge in [-0.2, -0.15) is 5.10 Å². The summed E-state index contributed by atoms with van der Waals surface area (Å²) in [5.41, 5.74) is 1.30. The first-order valence-corrected chi connectivity index (χ1v) is 9.22. The van der Waals surface area contributed by atoms with Crippen molar-refractivity contribution in [3.63, 3.8) is 0 Å². The van der Waals surface area contributed by atoms with Crippen molar-refractivity contribution in [3.05, 3.63) is 17.5 Å². The molecule has 0 saturated carbocycles. The lowest BCUT2D eigenvalue weighted by Crippen LogP contribution is -2.47. The molecular weight excluding hydrogens is 320 g/mol. The molecule has 1 amide bonds. The van der Waals surface area contributed by atoms with Gasteiger partial charge in [-0.3, -0.25) is 9.48 Å². The molecule has 1 aliphatic heterocycles. The molecule has 0 unspecified atom stereocenters. The first-order valence-electron chi connectivity index (χ1n) is 7.62. The fourth-order valence-corrected chi connectivity index (χ4v) is 3.93. The molecule has 0 radical (unpaired) electrons. The predicted molar refractivity (Wildman–Crippen MR) is 85.7 cm³/mol. The van der Waals surface area contributed by atoms with E-state index in [9.17, 15) is 13.2 Å². The average Bonchev–Trinajstić information content (AvgIpc) is 2.85. The molecule has 1 aromatic rings. The van der Waals surface area contributed by atoms with Crippen molar-refractivity contribution in [2.24, 2.45) is 7.05 Å². The number of sulfonamides is 1. The summed E-state index contributed by atoms with van der Waals surface area (Å²) in [6.07, 6.45) is 1.20. The fourth-order valence-electron chi connectivity index (χ4n) is 2.53. The molecule has 8 nitrogen and oxygen atoms in total. The van der Waals surface area contributed by atoms with Crippen molar-refractivity contribution >= 4 is 15.9 Å². The van der Waals surface area contributed by atoms with Crippen LogP contribution in [0.15, 0.2) is 6.07 Å². The lowest BCUT2D eigenvalue weighted by atomic mass is 10.1. The van der Waals surface area contributed by atoms with Gasteiger partial charge in [0.2, 0.25) is 10.0 Å². The van der Waals surface area contributed by atoms with Gasteiger partial charge in [-0.1, -0.05) is 0 Å². The highest BCUT2D eigenvalue weighted by atomic mass is 32.2. The number of nitrogens with one attached hydrogen (secondary N) is 1. The van der Waals surface area contributed by atoms with E-state index in [-0.39, 0.29) is 24.3 Å². The van der Waals surface area contributed by atoms with Gasteiger partial charge in [-0.05, 0) is 25.8 Å². The van der Waals surface area contributed by atoms with Gasteiger partial charge < -0.3 is 10.1 Å². The maximum Gasteiger partial charge on any atom is 0.272 e. The molecule has 0 bridgehead atoms. The minimum Gasteiger partial charge on any atom is -0.384 e. The van der Waals surface area contributed by atoms with Gasteiger partial charge in [0.05, 0.1) is 12.4 Å². The number of nitrogens with zero attached hydrogens (tertiary/aromatic N) is 3. The molecule has 1 saturated heterocycles. The highest BCUT2D eigenvalue weighted by Gasteiger charge is 2.28. The smallest absolute Gasteiger partial charge is 0.272 e. The number of hydrogen-bond acceptors (Lipinski definition) is 5. The van der Waals surface area contributed by atoms with Crippen molar-refractivity contribution in [1.29, 1.82) is 0 Å². The SMILES string of the molecule is COCCS(=O)(=O)N1CCC(NC(=O)c2cc(C)n(C)n2)CC1. The summed E-state index contributed by atoms with van der Waals surface area (Å²) in [4.78, 5) is 12.2. The highest BCUT2D eigenvalue weighted by molar-refractivity contribution is 7.89. The summed E-state index contributed by atoms with van der Waals surface area (Å²) < 4.78 is 32.1. The molecule has 0 atom stereocenters. The van der Waals surface area contributed by atoms with Crippen LogP contribution >= 0.6 is 0 Å². The molecule has 1 aliphatic rings. The number of aromatic nitrogens is 2. The van der Waals surface area contributed by atoms with E-state index in [0.29, 0.717) is 31.6 Å². The third-order valence-corrected chi connectivity index (χ3v) is 5.91. The highest BCUT2D eigenvalue weighted by Crippen LogP contribution is 2.15. The van der Waals surface area contributed by atoms with E-state index < -0.39 is 10.0 Å². The van der Waals surface area contributed by atoms with Crippen LogP contribution in [-0.4, -0.2) is 67.0 Å². The van der Waals surface area contributed by atoms with Crippen LogP contribution in [-0.2, 0) is 21.8 Å². The summed E-state index contributed by atoms with van der Waals surface area (Å²) in [6.45, 7) is 2.90. The van der Waals surface area contributed by atoms with E-state index in [1.54, 1.807) is 17.8 Å². The Bertz CT molecular complexity index is 628. The molecule has 1 aromatic heterocycles. The van der Waals surface area contributed by atoms with Crippen LogP contribution in [0.1, 0.15) is 29.0 Å². The van der Waals surface area contributed by atoms with Crippen molar-refractivity contribution < 1.29 is 17.9 Å². The van der Waals surface area contributed by atoms with Gasteiger partial charge in [0, 0.05) is 39.0 Å². The summed E-state index contributed by atoms with van der Waals surface area (Å²) in [5.74, 6) is -0.220. The Kier molecular flexibility index (Phi) is 5.77. The minimum absolute atomic E-state index is 0.00621. The van der Waals surface area contributed by atoms with Gasteiger partial charge in [-0.25, -0.2) is 12.7 Å². The Balaban J connectivity index is 1.86. The lowest BCUT2D eigenvalue weighted by Gasteiger charge is -2.31. The van der Waals surface area contributed by atoms with Crippen LogP contribution in [0.5, 0.6) is 0 Å². The zero-order valence-electron chi connectivity index (χ0n) is 13.8. The molecule has 2 heterocycles. The first-order chi connectivity index (χ1) is 10.8. The quantitative estimate of drug-likeness (QED) is 0.778. The van der Waals surface area contributed by atoms with E-state index >= 15 is 0 Å². The zero-order valence-corrected chi connectivity index (χ0v) is 14.6. The van der Waals surface area contributed by atoms with Crippen molar-refractivity contribution in [3.8, 4) is 0 Å². The van der Waals surface area contributed by atoms with Gasteiger partial charge in [0.15, 0.2) is 0 Å². The van der Waals surface area contributed by atoms with Gasteiger partial charge in [0.1, 0.15) is 5.69 Å². The van der Waals surface area contributed by atoms with E-state index in [4.69, 9.17) is 4.74 Å². The number of hydrogen-bond donors (Lipinski definition) is 1. The summed E-state index contributed by atoms with van der Waals surface area (Å²) in [6, 6.07) is 1.71. The number of piperidine rings is 1. The predicted octanol–water partition coefficient (Wildman–Crippen LogP) is -0.101. The first kappa shape index (κ1) is 17.9. The molecule has 9 heteroatoms. The summed E-state index contributed by atoms with van der Waals surface area (Å²) in [7, 11) is -0.00195. The monoisotopic (exact) mass is 344 g/mol. The van der Waals surface area contributed by atoms with Crippen LogP contribution in [0, 0.1) is 6.92 Å². The molecule has 23 heavy (non-hydrogen) atoms. The summed E-state index contributed by atoms with van der Waals surface area (Å²) in [5, 5.41) is 7.08. The standard InChI is InChI=1S/C14H24N4O4S/c1-11-10-13(16-17(11)2)14(19)15-12-4-6-18(7-5-12)23(20,21)9-8-22-3/h10,12H,4-9H2,1-3H3,(H,15,19). The Hall–Kier alpha value is -1.45. The van der Waals surface area contributed by atoms with Crippen LogP contribution in [0.25, 0.3) is 0 Å². The lowest BCUT2D eigenvalue weighted by molar-refractivity contribution is 0.0918. The number of carbonyl (C=O) groups excluding carboxylic acids is 1. The van der Waals surface area contributed by atoms with E-state index in [1.165, 1.54) is 11.4 Å². The number of carbonyl (C=O) groups is 1. The molecule has 2 rings (SSSR count). The van der Waals surface area contributed by atoms with Gasteiger partial charge in [-0.15, -0.1) is 0 Å². The molecule has 0 aromatic carbocycles. The molecule has 1 fully saturated rings. The van der Waals surface area contributed by atoms with Crippen LogP contribution in [0.2, 0.25) is 0 Å². The van der Waals surface area contributed by atoms with Crippen LogP contribution < -0.4 is 5.32 Å². The molecule has 1 N–H and O–H groups in total. The number of amides is 1. The van der Waals surface area contributed by atoms with Crippen molar-refractivity contribution in [2.75, 3.05) is 32.6 Å². The molecule has 0 spiro atoms. The Morgan fingerprint density at radius 2 is 2.09 bits per heavy atom. The Morgan fingerprint density at radius 1 is 1.43 bits per heavy atom. The van der Waals surface area contributed by atoms with Crippen molar-refractivity contribution in [2.45, 2.75) is 25.8 Å². The number of aryl methyl sites for hydroxylation is 2. The maximum atomic E-state index is 12.2. The third-order valence-electron chi connectivity index (χ3n) is 4.07. The summed E-state index contributed by atoms with van der Waals surface area (Å²) >= 11 is 0. The van der Waals surface area contributed by atoms with Gasteiger partial charge >= 0.3 is 0 Å². The van der Waals surface area contributed by atoms with E-state index in [1.807, 2.05) is 6.92 Å². The van der Waals surface area contributed by atoms with Gasteiger partial charge in [0.25, 0.3) is 5.91 Å². The van der Waals surface area contributed by atoms with Crippen molar-refractivity contribution in [1.82, 2.24) is 19.4 Å². The largest absolute Gasteiger partial charge is 0.384 e. The Morgan fingerprint density at radius 3 is 2.61 bits per heavy atom. The minimum atomic E-state index is -3.27. The second-order valence-electron chi connectivity index (χ2n) is 5.75. The third kappa shape index (κ3) is 4.52. The molecular formula is C14H24N4O4S. The van der Waals surface area contributed by atoms with Crippen LogP contribution in [0.4, 0.5) is 0 Å². The van der Waals surface area contributed by atoms with E-state index in [2.05, 4.69) is 10.4 Å². The molecule has 0 aliphatic carbocycles. The second kappa shape index (κ2) is 7.41. The number of methoxy groups -OCH3 is 1. The maximum absolute atomic E-state index is 12.2. The number of ether oxygens (including phenoxy) is 1.